The highest BCUT2D eigenvalue weighted by molar-refractivity contribution is 5.50. The number of aryl methyl sites for hydroxylation is 1. The summed E-state index contributed by atoms with van der Waals surface area (Å²) >= 11 is 0. The van der Waals surface area contributed by atoms with E-state index in [9.17, 15) is 0 Å². The molecule has 4 nitrogen and oxygen atoms in total. The Kier molecular flexibility index (Phi) is 3.41. The third kappa shape index (κ3) is 2.76. The molecule has 0 bridgehead atoms. The largest absolute Gasteiger partial charge is 0.483 e. The molecule has 0 unspecified atom stereocenters. The van der Waals surface area contributed by atoms with Crippen LogP contribution in [-0.2, 0) is 19.6 Å². The molecule has 2 N–H and O–H groups in total. The summed E-state index contributed by atoms with van der Waals surface area (Å²) in [5.41, 5.74) is 7.70. The molecule has 1 aromatic heterocycles. The maximum atomic E-state index is 5.99. The van der Waals surface area contributed by atoms with Crippen LogP contribution in [-0.4, -0.2) is 5.60 Å². The number of hydrogen-bond donors (Lipinski definition) is 1. The molecule has 0 spiro atoms. The van der Waals surface area contributed by atoms with Gasteiger partial charge < -0.3 is 19.6 Å². The fourth-order valence-electron chi connectivity index (χ4n) is 2.71. The molecular formula is C17H21NO3. The van der Waals surface area contributed by atoms with Gasteiger partial charge in [-0.25, -0.2) is 0 Å². The van der Waals surface area contributed by atoms with E-state index in [-0.39, 0.29) is 5.60 Å². The highest BCUT2D eigenvalue weighted by Gasteiger charge is 2.32. The second-order valence-electron chi connectivity index (χ2n) is 6.09. The van der Waals surface area contributed by atoms with Gasteiger partial charge in [-0.1, -0.05) is 12.1 Å². The highest BCUT2D eigenvalue weighted by Crippen LogP contribution is 2.42. The lowest BCUT2D eigenvalue weighted by atomic mass is 10.0. The standard InChI is InChI=1S/C17H21NO3/c1-11-7-13(20-15(11)9-18)10-19-14-6-4-5-12-8-17(2,3)21-16(12)14/h4-7H,8-10,18H2,1-3H3. The summed E-state index contributed by atoms with van der Waals surface area (Å²) in [6.45, 7) is 6.94. The fourth-order valence-corrected chi connectivity index (χ4v) is 2.71. The van der Waals surface area contributed by atoms with Crippen LogP contribution in [0.1, 0.15) is 36.5 Å². The van der Waals surface area contributed by atoms with E-state index >= 15 is 0 Å². The van der Waals surface area contributed by atoms with E-state index in [1.54, 1.807) is 0 Å². The van der Waals surface area contributed by atoms with E-state index in [0.29, 0.717) is 13.2 Å². The minimum Gasteiger partial charge on any atom is -0.483 e. The van der Waals surface area contributed by atoms with Gasteiger partial charge in [0, 0.05) is 12.0 Å². The predicted octanol–water partition coefficient (Wildman–Crippen LogP) is 3.34. The maximum Gasteiger partial charge on any atom is 0.165 e. The lowest BCUT2D eigenvalue weighted by Crippen LogP contribution is -2.24. The lowest BCUT2D eigenvalue weighted by molar-refractivity contribution is 0.130. The number of furan rings is 1. The summed E-state index contributed by atoms with van der Waals surface area (Å²) in [5.74, 6) is 3.21. The Morgan fingerprint density at radius 1 is 1.33 bits per heavy atom. The Labute approximate surface area is 124 Å². The van der Waals surface area contributed by atoms with E-state index in [1.807, 2.05) is 25.1 Å². The van der Waals surface area contributed by atoms with Crippen molar-refractivity contribution in [1.82, 2.24) is 0 Å². The first-order valence-electron chi connectivity index (χ1n) is 7.20. The van der Waals surface area contributed by atoms with Crippen LogP contribution in [0.5, 0.6) is 11.5 Å². The van der Waals surface area contributed by atoms with Gasteiger partial charge in [-0.15, -0.1) is 0 Å². The van der Waals surface area contributed by atoms with E-state index < -0.39 is 0 Å². The van der Waals surface area contributed by atoms with Crippen molar-refractivity contribution in [3.8, 4) is 11.5 Å². The molecule has 0 saturated heterocycles. The Bertz CT molecular complexity index is 658. The molecule has 112 valence electrons. The van der Waals surface area contributed by atoms with Gasteiger partial charge in [0.1, 0.15) is 23.7 Å². The van der Waals surface area contributed by atoms with Crippen LogP contribution in [0.15, 0.2) is 28.7 Å². The third-order valence-electron chi connectivity index (χ3n) is 3.68. The molecular weight excluding hydrogens is 266 g/mol. The number of ether oxygens (including phenoxy) is 2. The summed E-state index contributed by atoms with van der Waals surface area (Å²) in [5, 5.41) is 0. The minimum absolute atomic E-state index is 0.171. The molecule has 0 radical (unpaired) electrons. The van der Waals surface area contributed by atoms with Gasteiger partial charge in [0.15, 0.2) is 11.5 Å². The number of benzene rings is 1. The summed E-state index contributed by atoms with van der Waals surface area (Å²) in [4.78, 5) is 0. The zero-order chi connectivity index (χ0) is 15.0. The van der Waals surface area contributed by atoms with E-state index in [2.05, 4.69) is 19.9 Å². The van der Waals surface area contributed by atoms with E-state index in [1.165, 1.54) is 5.56 Å². The second-order valence-corrected chi connectivity index (χ2v) is 6.09. The Hall–Kier alpha value is -1.94. The number of rotatable bonds is 4. The topological polar surface area (TPSA) is 57.6 Å². The monoisotopic (exact) mass is 287 g/mol. The summed E-state index contributed by atoms with van der Waals surface area (Å²) in [6.07, 6.45) is 0.900. The summed E-state index contributed by atoms with van der Waals surface area (Å²) < 4.78 is 17.5. The summed E-state index contributed by atoms with van der Waals surface area (Å²) in [6, 6.07) is 7.98. The molecule has 1 aliphatic rings. The van der Waals surface area contributed by atoms with Gasteiger partial charge in [-0.2, -0.15) is 0 Å². The van der Waals surface area contributed by atoms with Crippen molar-refractivity contribution in [2.75, 3.05) is 0 Å². The van der Waals surface area contributed by atoms with Gasteiger partial charge in [0.05, 0.1) is 6.54 Å². The molecule has 4 heteroatoms. The van der Waals surface area contributed by atoms with Crippen LogP contribution < -0.4 is 15.2 Å². The second kappa shape index (κ2) is 5.11. The number of para-hydroxylation sites is 1. The van der Waals surface area contributed by atoms with Crippen LogP contribution in [0.3, 0.4) is 0 Å². The van der Waals surface area contributed by atoms with Crippen molar-refractivity contribution < 1.29 is 13.9 Å². The SMILES string of the molecule is Cc1cc(COc2cccc3c2OC(C)(C)C3)oc1CN. The zero-order valence-electron chi connectivity index (χ0n) is 12.7. The van der Waals surface area contributed by atoms with Crippen LogP contribution in [0.2, 0.25) is 0 Å². The molecule has 3 rings (SSSR count). The van der Waals surface area contributed by atoms with Crippen LogP contribution in [0.4, 0.5) is 0 Å². The third-order valence-corrected chi connectivity index (χ3v) is 3.68. The van der Waals surface area contributed by atoms with Crippen LogP contribution in [0, 0.1) is 6.92 Å². The van der Waals surface area contributed by atoms with Gasteiger partial charge in [-0.05, 0) is 38.5 Å². The highest BCUT2D eigenvalue weighted by atomic mass is 16.5. The normalized spacial score (nSPS) is 15.6. The molecule has 0 amide bonds. The van der Waals surface area contributed by atoms with Crippen molar-refractivity contribution in [2.24, 2.45) is 5.73 Å². The first-order chi connectivity index (χ1) is 9.98. The van der Waals surface area contributed by atoms with E-state index in [0.717, 1.165) is 35.0 Å². The van der Waals surface area contributed by atoms with Crippen molar-refractivity contribution in [1.29, 1.82) is 0 Å². The molecule has 0 aliphatic carbocycles. The molecule has 1 aliphatic heterocycles. The van der Waals surface area contributed by atoms with Crippen molar-refractivity contribution >= 4 is 0 Å². The summed E-state index contributed by atoms with van der Waals surface area (Å²) in [7, 11) is 0. The van der Waals surface area contributed by atoms with Crippen molar-refractivity contribution in [3.05, 3.63) is 46.9 Å². The maximum absolute atomic E-state index is 5.99. The molecule has 2 aromatic rings. The van der Waals surface area contributed by atoms with E-state index in [4.69, 9.17) is 19.6 Å². The molecule has 1 aromatic carbocycles. The van der Waals surface area contributed by atoms with Crippen LogP contribution >= 0.6 is 0 Å². The van der Waals surface area contributed by atoms with Gasteiger partial charge in [0.25, 0.3) is 0 Å². The first-order valence-corrected chi connectivity index (χ1v) is 7.20. The molecule has 21 heavy (non-hydrogen) atoms. The van der Waals surface area contributed by atoms with Crippen LogP contribution in [0.25, 0.3) is 0 Å². The van der Waals surface area contributed by atoms with Gasteiger partial charge >= 0.3 is 0 Å². The number of fused-ring (bicyclic) bond motifs is 1. The molecule has 0 fully saturated rings. The average Bonchev–Trinajstić information content (AvgIpc) is 2.94. The van der Waals surface area contributed by atoms with Gasteiger partial charge in [0.2, 0.25) is 0 Å². The fraction of sp³-hybridized carbons (Fsp3) is 0.412. The Balaban J connectivity index is 1.76. The lowest BCUT2D eigenvalue weighted by Gasteiger charge is -2.18. The first kappa shape index (κ1) is 14.0. The average molecular weight is 287 g/mol. The molecule has 0 saturated carbocycles. The quantitative estimate of drug-likeness (QED) is 0.937. The van der Waals surface area contributed by atoms with Crippen molar-refractivity contribution in [2.45, 2.75) is 45.9 Å². The number of nitrogens with two attached hydrogens (primary N) is 1. The Morgan fingerprint density at radius 2 is 2.14 bits per heavy atom. The minimum atomic E-state index is -0.171. The van der Waals surface area contributed by atoms with Gasteiger partial charge in [-0.3, -0.25) is 0 Å². The zero-order valence-corrected chi connectivity index (χ0v) is 12.7. The molecule has 2 heterocycles. The predicted molar refractivity (Wildman–Crippen MR) is 80.5 cm³/mol. The van der Waals surface area contributed by atoms with Crippen molar-refractivity contribution in [3.63, 3.8) is 0 Å². The molecule has 0 atom stereocenters. The Morgan fingerprint density at radius 3 is 2.86 bits per heavy atom. The number of hydrogen-bond acceptors (Lipinski definition) is 4. The smallest absolute Gasteiger partial charge is 0.165 e.